The summed E-state index contributed by atoms with van der Waals surface area (Å²) in [6, 6.07) is 5.09. The normalized spacial score (nSPS) is 13.1. The van der Waals surface area contributed by atoms with Gasteiger partial charge in [0.05, 0.1) is 23.4 Å². The molecule has 1 aliphatic rings. The molecule has 0 amide bonds. The number of thiocarbonyl (C=S) groups is 1. The average Bonchev–Trinajstić information content (AvgIpc) is 2.95. The largest absolute Gasteiger partial charge is 0.465 e. The Hall–Kier alpha value is -1.34. The molecule has 25 heavy (non-hydrogen) atoms. The number of carbonyl (C=O) groups excluding carboxylic acids is 1. The maximum atomic E-state index is 12.2. The van der Waals surface area contributed by atoms with Crippen molar-refractivity contribution in [1.29, 1.82) is 0 Å². The van der Waals surface area contributed by atoms with Crippen molar-refractivity contribution >= 4 is 68.5 Å². The number of fused-ring (bicyclic) bond motifs is 1. The van der Waals surface area contributed by atoms with Crippen molar-refractivity contribution in [2.45, 2.75) is 25.7 Å². The quantitative estimate of drug-likeness (QED) is 0.510. The monoisotopic (exact) mass is 414 g/mol. The summed E-state index contributed by atoms with van der Waals surface area (Å²) in [6.45, 7) is 0. The molecule has 132 valence electrons. The van der Waals surface area contributed by atoms with Crippen molar-refractivity contribution in [2.24, 2.45) is 0 Å². The van der Waals surface area contributed by atoms with Crippen LogP contribution in [0.25, 0.3) is 0 Å². The third-order valence-electron chi connectivity index (χ3n) is 3.96. The molecule has 0 saturated carbocycles. The maximum Gasteiger partial charge on any atom is 0.341 e. The number of esters is 1. The molecule has 2 aromatic rings. The first-order valence-electron chi connectivity index (χ1n) is 7.75. The highest BCUT2D eigenvalue weighted by Gasteiger charge is 2.26. The summed E-state index contributed by atoms with van der Waals surface area (Å²) in [6.07, 6.45) is 4.08. The number of benzene rings is 1. The van der Waals surface area contributed by atoms with Crippen LogP contribution < -0.4 is 10.6 Å². The van der Waals surface area contributed by atoms with Gasteiger partial charge in [0.25, 0.3) is 0 Å². The number of hydrogen-bond donors (Lipinski definition) is 2. The molecule has 8 heteroatoms. The third-order valence-corrected chi connectivity index (χ3v) is 5.94. The lowest BCUT2D eigenvalue weighted by atomic mass is 9.95. The number of carbonyl (C=O) groups is 1. The highest BCUT2D eigenvalue weighted by atomic mass is 35.5. The fourth-order valence-corrected chi connectivity index (χ4v) is 4.72. The summed E-state index contributed by atoms with van der Waals surface area (Å²) in [5.74, 6) is -0.342. The predicted octanol–water partition coefficient (Wildman–Crippen LogP) is 5.53. The van der Waals surface area contributed by atoms with Crippen molar-refractivity contribution in [1.82, 2.24) is 0 Å². The van der Waals surface area contributed by atoms with E-state index in [9.17, 15) is 4.79 Å². The molecular formula is C17H16Cl2N2O2S2. The number of rotatable bonds is 3. The minimum absolute atomic E-state index is 0.341. The molecule has 0 radical (unpaired) electrons. The third kappa shape index (κ3) is 4.08. The molecule has 3 rings (SSSR count). The Morgan fingerprint density at radius 2 is 2.00 bits per heavy atom. The fraction of sp³-hybridized carbons (Fsp3) is 0.294. The highest BCUT2D eigenvalue weighted by molar-refractivity contribution is 7.80. The zero-order chi connectivity index (χ0) is 18.0. The molecule has 0 spiro atoms. The summed E-state index contributed by atoms with van der Waals surface area (Å²) in [7, 11) is 1.39. The van der Waals surface area contributed by atoms with Gasteiger partial charge in [0.2, 0.25) is 0 Å². The van der Waals surface area contributed by atoms with Crippen LogP contribution in [0.4, 0.5) is 10.7 Å². The van der Waals surface area contributed by atoms with Gasteiger partial charge in [-0.15, -0.1) is 11.3 Å². The van der Waals surface area contributed by atoms with Gasteiger partial charge in [0.1, 0.15) is 5.00 Å². The number of nitrogens with one attached hydrogen (secondary N) is 2. The molecule has 1 aromatic heterocycles. The highest BCUT2D eigenvalue weighted by Crippen LogP contribution is 2.38. The van der Waals surface area contributed by atoms with Gasteiger partial charge >= 0.3 is 5.97 Å². The Bertz CT molecular complexity index is 836. The molecule has 2 N–H and O–H groups in total. The predicted molar refractivity (Wildman–Crippen MR) is 109 cm³/mol. The van der Waals surface area contributed by atoms with Crippen LogP contribution in [0.3, 0.4) is 0 Å². The number of aryl methyl sites for hydroxylation is 1. The molecule has 0 fully saturated rings. The van der Waals surface area contributed by atoms with Gasteiger partial charge < -0.3 is 15.4 Å². The second kappa shape index (κ2) is 7.91. The lowest BCUT2D eigenvalue weighted by Crippen LogP contribution is -2.20. The van der Waals surface area contributed by atoms with Crippen LogP contribution in [0, 0.1) is 0 Å². The average molecular weight is 415 g/mol. The minimum atomic E-state index is -0.342. The Labute approximate surface area is 165 Å². The van der Waals surface area contributed by atoms with Crippen molar-refractivity contribution in [3.8, 4) is 0 Å². The van der Waals surface area contributed by atoms with Crippen molar-refractivity contribution in [2.75, 3.05) is 17.7 Å². The van der Waals surface area contributed by atoms with Crippen LogP contribution in [0.15, 0.2) is 18.2 Å². The van der Waals surface area contributed by atoms with E-state index in [0.29, 0.717) is 31.4 Å². The summed E-state index contributed by atoms with van der Waals surface area (Å²) in [4.78, 5) is 13.5. The van der Waals surface area contributed by atoms with Crippen molar-refractivity contribution in [3.05, 3.63) is 44.2 Å². The van der Waals surface area contributed by atoms with Gasteiger partial charge in [-0.05, 0) is 61.7 Å². The molecule has 0 unspecified atom stereocenters. The van der Waals surface area contributed by atoms with E-state index in [0.717, 1.165) is 31.2 Å². The molecule has 0 atom stereocenters. The van der Waals surface area contributed by atoms with Gasteiger partial charge in [0.15, 0.2) is 5.11 Å². The molecule has 0 saturated heterocycles. The van der Waals surface area contributed by atoms with Crippen LogP contribution in [0.2, 0.25) is 10.0 Å². The van der Waals surface area contributed by atoms with E-state index in [1.807, 2.05) is 0 Å². The van der Waals surface area contributed by atoms with Crippen LogP contribution >= 0.6 is 46.8 Å². The van der Waals surface area contributed by atoms with Gasteiger partial charge in [-0.2, -0.15) is 0 Å². The van der Waals surface area contributed by atoms with Gasteiger partial charge in [-0.3, -0.25) is 0 Å². The van der Waals surface area contributed by atoms with Crippen LogP contribution in [-0.4, -0.2) is 18.2 Å². The lowest BCUT2D eigenvalue weighted by molar-refractivity contribution is 0.0601. The Kier molecular flexibility index (Phi) is 5.84. The zero-order valence-corrected chi connectivity index (χ0v) is 16.6. The molecule has 4 nitrogen and oxygen atoms in total. The molecule has 0 aliphatic heterocycles. The Morgan fingerprint density at radius 1 is 1.24 bits per heavy atom. The van der Waals surface area contributed by atoms with Crippen LogP contribution in [-0.2, 0) is 17.6 Å². The van der Waals surface area contributed by atoms with Gasteiger partial charge in [-0.25, -0.2) is 4.79 Å². The Morgan fingerprint density at radius 3 is 2.76 bits per heavy atom. The summed E-state index contributed by atoms with van der Waals surface area (Å²) in [5.41, 5.74) is 2.27. The van der Waals surface area contributed by atoms with Crippen LogP contribution in [0.5, 0.6) is 0 Å². The smallest absolute Gasteiger partial charge is 0.341 e. The summed E-state index contributed by atoms with van der Waals surface area (Å²) in [5, 5.41) is 8.24. The van der Waals surface area contributed by atoms with E-state index in [2.05, 4.69) is 10.6 Å². The molecule has 1 aliphatic carbocycles. The molecule has 0 bridgehead atoms. The second-order valence-electron chi connectivity index (χ2n) is 5.61. The number of hydrogen-bond acceptors (Lipinski definition) is 4. The van der Waals surface area contributed by atoms with Crippen molar-refractivity contribution in [3.63, 3.8) is 0 Å². The van der Waals surface area contributed by atoms with Crippen LogP contribution in [0.1, 0.15) is 33.6 Å². The zero-order valence-electron chi connectivity index (χ0n) is 13.4. The van der Waals surface area contributed by atoms with Gasteiger partial charge in [0, 0.05) is 9.90 Å². The van der Waals surface area contributed by atoms with E-state index in [1.165, 1.54) is 12.0 Å². The Balaban J connectivity index is 1.84. The molecule has 1 aromatic carbocycles. The molecular weight excluding hydrogens is 399 g/mol. The maximum absolute atomic E-state index is 12.2. The number of ether oxygens (including phenoxy) is 1. The first-order chi connectivity index (χ1) is 12.0. The van der Waals surface area contributed by atoms with E-state index in [-0.39, 0.29) is 5.97 Å². The standard InChI is InChI=1S/C17H16Cl2N2O2S2/c1-23-16(22)14-10-4-2-3-5-13(10)25-15(14)21-17(24)20-12-8-9(18)6-7-11(12)19/h6-8H,2-5H2,1H3,(H2,20,21,24). The summed E-state index contributed by atoms with van der Waals surface area (Å²) < 4.78 is 4.96. The van der Waals surface area contributed by atoms with Gasteiger partial charge in [-0.1, -0.05) is 23.2 Å². The second-order valence-corrected chi connectivity index (χ2v) is 7.97. The number of thiophene rings is 1. The van der Waals surface area contributed by atoms with Crippen molar-refractivity contribution < 1.29 is 9.53 Å². The lowest BCUT2D eigenvalue weighted by Gasteiger charge is -2.13. The minimum Gasteiger partial charge on any atom is -0.465 e. The first kappa shape index (κ1) is 18.5. The number of anilines is 2. The SMILES string of the molecule is COC(=O)c1c(NC(=S)Nc2cc(Cl)ccc2Cl)sc2c1CCCC2. The topological polar surface area (TPSA) is 50.4 Å². The number of halogens is 2. The van der Waals surface area contributed by atoms with E-state index >= 15 is 0 Å². The first-order valence-corrected chi connectivity index (χ1v) is 9.73. The molecule has 1 heterocycles. The fourth-order valence-electron chi connectivity index (χ4n) is 2.82. The number of methoxy groups -OCH3 is 1. The van der Waals surface area contributed by atoms with E-state index in [4.69, 9.17) is 40.2 Å². The summed E-state index contributed by atoms with van der Waals surface area (Å²) >= 11 is 19.1. The van der Waals surface area contributed by atoms with E-state index < -0.39 is 0 Å². The van der Waals surface area contributed by atoms with E-state index in [1.54, 1.807) is 29.5 Å².